The fourth-order valence-corrected chi connectivity index (χ4v) is 1.93. The molecule has 0 aromatic heterocycles. The average molecular weight is 210 g/mol. The molecule has 0 atom stereocenters. The van der Waals surface area contributed by atoms with Crippen LogP contribution in [0.2, 0.25) is 0 Å². The predicted octanol–water partition coefficient (Wildman–Crippen LogP) is 1.42. The van der Waals surface area contributed by atoms with Crippen molar-refractivity contribution in [3.8, 4) is 0 Å². The fraction of sp³-hybridized carbons (Fsp3) is 0.300. The molecule has 3 N–H and O–H groups in total. The van der Waals surface area contributed by atoms with E-state index in [1.807, 2.05) is 25.1 Å². The second kappa shape index (κ2) is 4.91. The number of nitrogens with one attached hydrogen (secondary N) is 1. The number of benzene rings is 1. The number of anilines is 1. The number of hydrogen-bond acceptors (Lipinski definition) is 3. The molecule has 1 amide bonds. The number of carbonyl (C=O) groups is 1. The summed E-state index contributed by atoms with van der Waals surface area (Å²) in [6.07, 6.45) is 0. The molecule has 4 heteroatoms. The molecule has 14 heavy (non-hydrogen) atoms. The van der Waals surface area contributed by atoms with Crippen LogP contribution in [0.1, 0.15) is 5.56 Å². The van der Waals surface area contributed by atoms with Crippen LogP contribution in [-0.4, -0.2) is 18.7 Å². The summed E-state index contributed by atoms with van der Waals surface area (Å²) in [4.78, 5) is 12.1. The first-order valence-electron chi connectivity index (χ1n) is 4.33. The summed E-state index contributed by atoms with van der Waals surface area (Å²) < 4.78 is 0. The summed E-state index contributed by atoms with van der Waals surface area (Å²) in [5.41, 5.74) is 7.49. The van der Waals surface area contributed by atoms with Crippen molar-refractivity contribution in [1.82, 2.24) is 5.32 Å². The van der Waals surface area contributed by atoms with E-state index in [1.165, 1.54) is 11.8 Å². The quantitative estimate of drug-likeness (QED) is 0.586. The number of thioether (sulfide) groups is 1. The Bertz CT molecular complexity index is 339. The molecule has 0 radical (unpaired) electrons. The Labute approximate surface area is 88.1 Å². The highest BCUT2D eigenvalue weighted by atomic mass is 32.2. The third-order valence-electron chi connectivity index (χ3n) is 1.84. The van der Waals surface area contributed by atoms with Crippen molar-refractivity contribution in [3.63, 3.8) is 0 Å². The Balaban J connectivity index is 2.63. The summed E-state index contributed by atoms with van der Waals surface area (Å²) in [6, 6.07) is 5.70. The van der Waals surface area contributed by atoms with Gasteiger partial charge in [-0.2, -0.15) is 0 Å². The minimum absolute atomic E-state index is 0.0335. The van der Waals surface area contributed by atoms with Crippen LogP contribution >= 0.6 is 11.8 Å². The first kappa shape index (κ1) is 10.9. The molecule has 0 aliphatic rings. The summed E-state index contributed by atoms with van der Waals surface area (Å²) in [7, 11) is 1.64. The Morgan fingerprint density at radius 2 is 2.29 bits per heavy atom. The lowest BCUT2D eigenvalue weighted by molar-refractivity contribution is -0.118. The van der Waals surface area contributed by atoms with Gasteiger partial charge < -0.3 is 11.1 Å². The van der Waals surface area contributed by atoms with Gasteiger partial charge in [-0.05, 0) is 30.7 Å². The summed E-state index contributed by atoms with van der Waals surface area (Å²) in [5, 5.41) is 2.58. The number of nitrogen functional groups attached to an aromatic ring is 1. The van der Waals surface area contributed by atoms with E-state index < -0.39 is 0 Å². The molecule has 0 aliphatic carbocycles. The normalized spacial score (nSPS) is 9.86. The standard InChI is InChI=1S/C10H14N2OS/c1-7-5-8(11)3-4-9(7)14-6-10(13)12-2/h3-5H,6,11H2,1-2H3,(H,12,13). The van der Waals surface area contributed by atoms with Crippen LogP contribution < -0.4 is 11.1 Å². The van der Waals surface area contributed by atoms with E-state index in [0.717, 1.165) is 16.1 Å². The molecular weight excluding hydrogens is 196 g/mol. The molecule has 0 fully saturated rings. The van der Waals surface area contributed by atoms with Gasteiger partial charge in [-0.3, -0.25) is 4.79 Å². The Kier molecular flexibility index (Phi) is 3.83. The van der Waals surface area contributed by atoms with E-state index in [0.29, 0.717) is 5.75 Å². The molecule has 0 spiro atoms. The molecule has 0 aliphatic heterocycles. The van der Waals surface area contributed by atoms with Gasteiger partial charge in [0.1, 0.15) is 0 Å². The maximum atomic E-state index is 11.0. The van der Waals surface area contributed by atoms with Crippen molar-refractivity contribution in [2.24, 2.45) is 0 Å². The van der Waals surface area contributed by atoms with E-state index >= 15 is 0 Å². The highest BCUT2D eigenvalue weighted by molar-refractivity contribution is 8.00. The van der Waals surface area contributed by atoms with Crippen LogP contribution in [0.25, 0.3) is 0 Å². The lowest BCUT2D eigenvalue weighted by Gasteiger charge is -2.05. The molecule has 0 saturated carbocycles. The number of aryl methyl sites for hydroxylation is 1. The van der Waals surface area contributed by atoms with Gasteiger partial charge in [0.25, 0.3) is 0 Å². The third-order valence-corrected chi connectivity index (χ3v) is 3.01. The zero-order chi connectivity index (χ0) is 10.6. The third kappa shape index (κ3) is 2.96. The van der Waals surface area contributed by atoms with Crippen molar-refractivity contribution >= 4 is 23.4 Å². The fourth-order valence-electron chi connectivity index (χ4n) is 1.05. The van der Waals surface area contributed by atoms with Gasteiger partial charge in [0.05, 0.1) is 5.75 Å². The number of carbonyl (C=O) groups excluding carboxylic acids is 1. The molecule has 1 aromatic carbocycles. The van der Waals surface area contributed by atoms with E-state index in [-0.39, 0.29) is 5.91 Å². The smallest absolute Gasteiger partial charge is 0.230 e. The SMILES string of the molecule is CNC(=O)CSc1ccc(N)cc1C. The van der Waals surface area contributed by atoms with Crippen LogP contribution in [0, 0.1) is 6.92 Å². The van der Waals surface area contributed by atoms with Gasteiger partial charge in [0.2, 0.25) is 5.91 Å². The Morgan fingerprint density at radius 1 is 1.57 bits per heavy atom. The number of hydrogen-bond donors (Lipinski definition) is 2. The second-order valence-electron chi connectivity index (χ2n) is 2.99. The number of amides is 1. The lowest BCUT2D eigenvalue weighted by Crippen LogP contribution is -2.19. The minimum Gasteiger partial charge on any atom is -0.399 e. The van der Waals surface area contributed by atoms with E-state index in [2.05, 4.69) is 5.32 Å². The molecule has 0 unspecified atom stereocenters. The molecule has 0 heterocycles. The molecule has 1 aromatic rings. The van der Waals surface area contributed by atoms with E-state index in [4.69, 9.17) is 5.73 Å². The van der Waals surface area contributed by atoms with E-state index in [1.54, 1.807) is 7.05 Å². The lowest BCUT2D eigenvalue weighted by atomic mass is 10.2. The maximum Gasteiger partial charge on any atom is 0.230 e. The van der Waals surface area contributed by atoms with Crippen LogP contribution in [-0.2, 0) is 4.79 Å². The number of rotatable bonds is 3. The zero-order valence-corrected chi connectivity index (χ0v) is 9.15. The molecule has 1 rings (SSSR count). The van der Waals surface area contributed by atoms with Gasteiger partial charge in [-0.1, -0.05) is 0 Å². The zero-order valence-electron chi connectivity index (χ0n) is 8.33. The predicted molar refractivity (Wildman–Crippen MR) is 60.4 cm³/mol. The highest BCUT2D eigenvalue weighted by Crippen LogP contribution is 2.23. The highest BCUT2D eigenvalue weighted by Gasteiger charge is 2.02. The maximum absolute atomic E-state index is 11.0. The molecule has 3 nitrogen and oxygen atoms in total. The largest absolute Gasteiger partial charge is 0.399 e. The van der Waals surface area contributed by atoms with Gasteiger partial charge >= 0.3 is 0 Å². The van der Waals surface area contributed by atoms with Crippen molar-refractivity contribution in [1.29, 1.82) is 0 Å². The summed E-state index contributed by atoms with van der Waals surface area (Å²) >= 11 is 1.52. The van der Waals surface area contributed by atoms with Crippen LogP contribution in [0.3, 0.4) is 0 Å². The second-order valence-corrected chi connectivity index (χ2v) is 4.00. The minimum atomic E-state index is 0.0335. The Hall–Kier alpha value is -1.16. The topological polar surface area (TPSA) is 55.1 Å². The van der Waals surface area contributed by atoms with Gasteiger partial charge in [0.15, 0.2) is 0 Å². The van der Waals surface area contributed by atoms with E-state index in [9.17, 15) is 4.79 Å². The monoisotopic (exact) mass is 210 g/mol. The summed E-state index contributed by atoms with van der Waals surface area (Å²) in [5.74, 6) is 0.479. The molecule has 76 valence electrons. The summed E-state index contributed by atoms with van der Waals surface area (Å²) in [6.45, 7) is 1.99. The van der Waals surface area contributed by atoms with Gasteiger partial charge in [0, 0.05) is 17.6 Å². The van der Waals surface area contributed by atoms with Crippen LogP contribution in [0.15, 0.2) is 23.1 Å². The number of nitrogens with two attached hydrogens (primary N) is 1. The molecular formula is C10H14N2OS. The van der Waals surface area contributed by atoms with Gasteiger partial charge in [-0.25, -0.2) is 0 Å². The van der Waals surface area contributed by atoms with Crippen molar-refractivity contribution in [2.45, 2.75) is 11.8 Å². The average Bonchev–Trinajstić information content (AvgIpc) is 2.16. The van der Waals surface area contributed by atoms with Crippen LogP contribution in [0.5, 0.6) is 0 Å². The van der Waals surface area contributed by atoms with Gasteiger partial charge in [-0.15, -0.1) is 11.8 Å². The molecule has 0 bridgehead atoms. The first-order chi connectivity index (χ1) is 6.63. The van der Waals surface area contributed by atoms with Crippen molar-refractivity contribution in [3.05, 3.63) is 23.8 Å². The first-order valence-corrected chi connectivity index (χ1v) is 5.31. The van der Waals surface area contributed by atoms with Crippen LogP contribution in [0.4, 0.5) is 5.69 Å². The Morgan fingerprint density at radius 3 is 2.86 bits per heavy atom. The molecule has 0 saturated heterocycles. The van der Waals surface area contributed by atoms with Crippen molar-refractivity contribution < 1.29 is 4.79 Å². The van der Waals surface area contributed by atoms with Crippen molar-refractivity contribution in [2.75, 3.05) is 18.5 Å².